The Hall–Kier alpha value is -1.92. The second-order valence-corrected chi connectivity index (χ2v) is 6.27. The summed E-state index contributed by atoms with van der Waals surface area (Å²) in [5.74, 6) is 0.845. The van der Waals surface area contributed by atoms with Crippen LogP contribution in [-0.2, 0) is 11.2 Å². The van der Waals surface area contributed by atoms with Gasteiger partial charge in [-0.3, -0.25) is 9.69 Å². The molecule has 2 aromatic rings. The maximum atomic E-state index is 11.2. The normalized spacial score (nSPS) is 16.6. The van der Waals surface area contributed by atoms with Crippen LogP contribution < -0.4 is 5.73 Å². The van der Waals surface area contributed by atoms with Crippen molar-refractivity contribution in [3.63, 3.8) is 0 Å². The molecule has 1 atom stereocenters. The number of carbonyl (C=O) groups is 1. The van der Waals surface area contributed by atoms with Crippen molar-refractivity contribution in [2.45, 2.75) is 32.2 Å². The van der Waals surface area contributed by atoms with Gasteiger partial charge in [-0.05, 0) is 57.1 Å². The average Bonchev–Trinajstić information content (AvgIpc) is 3.16. The molecule has 1 saturated heterocycles. The van der Waals surface area contributed by atoms with Gasteiger partial charge in [0.05, 0.1) is 18.2 Å². The molecule has 1 fully saturated rings. The fraction of sp³-hybridized carbons (Fsp3) is 0.438. The monoisotopic (exact) mass is 333 g/mol. The number of primary amides is 1. The lowest BCUT2D eigenvalue weighted by molar-refractivity contribution is -0.117. The Morgan fingerprint density at radius 2 is 1.96 bits per heavy atom. The van der Waals surface area contributed by atoms with Crippen molar-refractivity contribution in [1.29, 1.82) is 0 Å². The summed E-state index contributed by atoms with van der Waals surface area (Å²) in [5.41, 5.74) is 6.16. The van der Waals surface area contributed by atoms with Crippen LogP contribution in [0.5, 0.6) is 0 Å². The topological polar surface area (TPSA) is 77.0 Å². The van der Waals surface area contributed by atoms with E-state index in [0.717, 1.165) is 24.6 Å². The zero-order chi connectivity index (χ0) is 16.4. The van der Waals surface area contributed by atoms with Gasteiger partial charge in [0, 0.05) is 5.02 Å². The van der Waals surface area contributed by atoms with E-state index in [1.165, 1.54) is 12.8 Å². The molecule has 1 aromatic carbocycles. The van der Waals surface area contributed by atoms with Crippen molar-refractivity contribution in [2.24, 2.45) is 5.73 Å². The van der Waals surface area contributed by atoms with Gasteiger partial charge in [-0.2, -0.15) is 5.10 Å². The van der Waals surface area contributed by atoms with Crippen molar-refractivity contribution in [1.82, 2.24) is 19.7 Å². The molecule has 2 heterocycles. The predicted octanol–water partition coefficient (Wildman–Crippen LogP) is 2.11. The van der Waals surface area contributed by atoms with E-state index in [1.807, 2.05) is 24.3 Å². The molecule has 7 heteroatoms. The van der Waals surface area contributed by atoms with Gasteiger partial charge < -0.3 is 5.73 Å². The van der Waals surface area contributed by atoms with Crippen LogP contribution in [0.15, 0.2) is 24.3 Å². The number of carbonyl (C=O) groups excluding carboxylic acids is 1. The molecule has 122 valence electrons. The summed E-state index contributed by atoms with van der Waals surface area (Å²) in [7, 11) is 0. The number of likely N-dealkylation sites (tertiary alicyclic amines) is 1. The Balaban J connectivity index is 1.99. The summed E-state index contributed by atoms with van der Waals surface area (Å²) < 4.78 is 1.79. The Bertz CT molecular complexity index is 691. The predicted molar refractivity (Wildman–Crippen MR) is 88.5 cm³/mol. The number of hydrogen-bond acceptors (Lipinski definition) is 4. The van der Waals surface area contributed by atoms with Crippen LogP contribution in [0.4, 0.5) is 0 Å². The first-order chi connectivity index (χ1) is 11.0. The van der Waals surface area contributed by atoms with Gasteiger partial charge in [-0.15, -0.1) is 0 Å². The molecule has 1 amide bonds. The van der Waals surface area contributed by atoms with Crippen LogP contribution in [0.2, 0.25) is 5.02 Å². The van der Waals surface area contributed by atoms with Crippen LogP contribution in [0.1, 0.15) is 37.5 Å². The van der Waals surface area contributed by atoms with Gasteiger partial charge in [0.15, 0.2) is 5.82 Å². The number of nitrogens with zero attached hydrogens (tertiary/aromatic N) is 4. The highest BCUT2D eigenvalue weighted by Crippen LogP contribution is 2.25. The number of nitrogens with two attached hydrogens (primary N) is 1. The van der Waals surface area contributed by atoms with E-state index >= 15 is 0 Å². The lowest BCUT2D eigenvalue weighted by Crippen LogP contribution is -2.26. The second kappa shape index (κ2) is 6.68. The van der Waals surface area contributed by atoms with Crippen molar-refractivity contribution in [3.05, 3.63) is 40.9 Å². The summed E-state index contributed by atoms with van der Waals surface area (Å²) in [6.45, 7) is 4.23. The van der Waals surface area contributed by atoms with E-state index < -0.39 is 5.91 Å². The van der Waals surface area contributed by atoms with Crippen LogP contribution in [0.3, 0.4) is 0 Å². The minimum absolute atomic E-state index is 0.0420. The molecular weight excluding hydrogens is 314 g/mol. The smallest absolute Gasteiger partial charge is 0.225 e. The molecule has 1 aliphatic rings. The van der Waals surface area contributed by atoms with E-state index in [0.29, 0.717) is 10.8 Å². The Morgan fingerprint density at radius 1 is 1.30 bits per heavy atom. The fourth-order valence-electron chi connectivity index (χ4n) is 2.93. The van der Waals surface area contributed by atoms with E-state index in [1.54, 1.807) is 4.68 Å². The summed E-state index contributed by atoms with van der Waals surface area (Å²) in [4.78, 5) is 18.2. The Kier molecular flexibility index (Phi) is 4.63. The second-order valence-electron chi connectivity index (χ2n) is 5.84. The van der Waals surface area contributed by atoms with E-state index in [4.69, 9.17) is 17.3 Å². The molecule has 6 nitrogen and oxygen atoms in total. The van der Waals surface area contributed by atoms with E-state index in [2.05, 4.69) is 21.9 Å². The minimum Gasteiger partial charge on any atom is -0.369 e. The SMILES string of the molecule is CC(c1nc(CC(N)=O)nn1-c1ccc(Cl)cc1)N1CCCC1. The molecule has 3 rings (SSSR count). The summed E-state index contributed by atoms with van der Waals surface area (Å²) >= 11 is 5.96. The van der Waals surface area contributed by atoms with E-state index in [9.17, 15) is 4.79 Å². The average molecular weight is 334 g/mol. The number of amides is 1. The summed E-state index contributed by atoms with van der Waals surface area (Å²) in [6.07, 6.45) is 2.45. The number of benzene rings is 1. The highest BCUT2D eigenvalue weighted by molar-refractivity contribution is 6.30. The molecule has 0 saturated carbocycles. The number of rotatable bonds is 5. The highest BCUT2D eigenvalue weighted by atomic mass is 35.5. The first-order valence-electron chi connectivity index (χ1n) is 7.78. The molecular formula is C16H20ClN5O. The van der Waals surface area contributed by atoms with Gasteiger partial charge in [0.1, 0.15) is 5.82 Å². The zero-order valence-corrected chi connectivity index (χ0v) is 13.8. The number of aromatic nitrogens is 3. The van der Waals surface area contributed by atoms with Crippen LogP contribution >= 0.6 is 11.6 Å². The Labute approximate surface area is 140 Å². The maximum absolute atomic E-state index is 11.2. The van der Waals surface area contributed by atoms with E-state index in [-0.39, 0.29) is 12.5 Å². The van der Waals surface area contributed by atoms with Gasteiger partial charge in [0.25, 0.3) is 0 Å². The van der Waals surface area contributed by atoms with Crippen LogP contribution in [0.25, 0.3) is 5.69 Å². The summed E-state index contributed by atoms with van der Waals surface area (Å²) in [6, 6.07) is 7.55. The number of halogens is 1. The minimum atomic E-state index is -0.432. The highest BCUT2D eigenvalue weighted by Gasteiger charge is 2.25. The third-order valence-electron chi connectivity index (χ3n) is 4.14. The first-order valence-corrected chi connectivity index (χ1v) is 8.16. The molecule has 0 spiro atoms. The lowest BCUT2D eigenvalue weighted by Gasteiger charge is -2.23. The molecule has 1 aromatic heterocycles. The van der Waals surface area contributed by atoms with Crippen molar-refractivity contribution in [3.8, 4) is 5.69 Å². The van der Waals surface area contributed by atoms with Gasteiger partial charge in [-0.1, -0.05) is 11.6 Å². The molecule has 1 unspecified atom stereocenters. The molecule has 0 aliphatic carbocycles. The van der Waals surface area contributed by atoms with Crippen LogP contribution in [-0.4, -0.2) is 38.7 Å². The van der Waals surface area contributed by atoms with Crippen molar-refractivity contribution < 1.29 is 4.79 Å². The third kappa shape index (κ3) is 3.54. The fourth-order valence-corrected chi connectivity index (χ4v) is 3.06. The largest absolute Gasteiger partial charge is 0.369 e. The quantitative estimate of drug-likeness (QED) is 0.909. The first kappa shape index (κ1) is 16.0. The zero-order valence-electron chi connectivity index (χ0n) is 13.1. The number of hydrogen-bond donors (Lipinski definition) is 1. The van der Waals surface area contributed by atoms with Crippen molar-refractivity contribution in [2.75, 3.05) is 13.1 Å². The third-order valence-corrected chi connectivity index (χ3v) is 4.39. The van der Waals surface area contributed by atoms with Crippen molar-refractivity contribution >= 4 is 17.5 Å². The molecule has 23 heavy (non-hydrogen) atoms. The molecule has 0 radical (unpaired) electrons. The summed E-state index contributed by atoms with van der Waals surface area (Å²) in [5, 5.41) is 5.14. The van der Waals surface area contributed by atoms with Crippen LogP contribution in [0, 0.1) is 0 Å². The standard InChI is InChI=1S/C16H20ClN5O/c1-11(21-8-2-3-9-21)16-19-15(10-14(18)23)20-22(16)13-6-4-12(17)5-7-13/h4-7,11H,2-3,8-10H2,1H3,(H2,18,23). The van der Waals surface area contributed by atoms with Gasteiger partial charge in [-0.25, -0.2) is 9.67 Å². The lowest BCUT2D eigenvalue weighted by atomic mass is 10.2. The van der Waals surface area contributed by atoms with Gasteiger partial charge in [0.2, 0.25) is 5.91 Å². The maximum Gasteiger partial charge on any atom is 0.225 e. The molecule has 2 N–H and O–H groups in total. The Morgan fingerprint density at radius 3 is 2.57 bits per heavy atom. The molecule has 0 bridgehead atoms. The van der Waals surface area contributed by atoms with Gasteiger partial charge >= 0.3 is 0 Å². The molecule has 1 aliphatic heterocycles.